The SMILES string of the molecule is CC(CCO)NC(C)c1ccccc1Cl. The molecule has 0 spiro atoms. The van der Waals surface area contributed by atoms with Crippen molar-refractivity contribution in [3.63, 3.8) is 0 Å². The molecular formula is C12H18ClNO. The van der Waals surface area contributed by atoms with Crippen molar-refractivity contribution in [2.45, 2.75) is 32.4 Å². The lowest BCUT2D eigenvalue weighted by atomic mass is 10.1. The van der Waals surface area contributed by atoms with Gasteiger partial charge in [-0.25, -0.2) is 0 Å². The van der Waals surface area contributed by atoms with E-state index >= 15 is 0 Å². The molecule has 15 heavy (non-hydrogen) atoms. The molecule has 0 amide bonds. The van der Waals surface area contributed by atoms with Gasteiger partial charge in [-0.1, -0.05) is 29.8 Å². The van der Waals surface area contributed by atoms with Crippen LogP contribution in [-0.4, -0.2) is 17.8 Å². The molecule has 2 unspecified atom stereocenters. The summed E-state index contributed by atoms with van der Waals surface area (Å²) in [5.41, 5.74) is 1.10. The highest BCUT2D eigenvalue weighted by atomic mass is 35.5. The van der Waals surface area contributed by atoms with Crippen LogP contribution in [0, 0.1) is 0 Å². The minimum absolute atomic E-state index is 0.209. The van der Waals surface area contributed by atoms with Crippen LogP contribution < -0.4 is 5.32 Å². The van der Waals surface area contributed by atoms with E-state index in [0.29, 0.717) is 6.04 Å². The first kappa shape index (κ1) is 12.5. The minimum atomic E-state index is 0.209. The van der Waals surface area contributed by atoms with E-state index in [9.17, 15) is 0 Å². The zero-order valence-corrected chi connectivity index (χ0v) is 9.96. The highest BCUT2D eigenvalue weighted by Crippen LogP contribution is 2.22. The van der Waals surface area contributed by atoms with Crippen molar-refractivity contribution in [1.82, 2.24) is 5.32 Å². The van der Waals surface area contributed by atoms with Gasteiger partial charge >= 0.3 is 0 Å². The number of aliphatic hydroxyl groups excluding tert-OH is 1. The second kappa shape index (κ2) is 6.11. The van der Waals surface area contributed by atoms with Gasteiger partial charge < -0.3 is 10.4 Å². The molecule has 0 fully saturated rings. The average molecular weight is 228 g/mol. The molecule has 0 aromatic heterocycles. The summed E-state index contributed by atoms with van der Waals surface area (Å²) >= 11 is 6.09. The van der Waals surface area contributed by atoms with E-state index in [1.165, 1.54) is 0 Å². The van der Waals surface area contributed by atoms with Crippen LogP contribution in [0.15, 0.2) is 24.3 Å². The lowest BCUT2D eigenvalue weighted by molar-refractivity contribution is 0.264. The Labute approximate surface area is 96.3 Å². The monoisotopic (exact) mass is 227 g/mol. The molecule has 2 nitrogen and oxygen atoms in total. The summed E-state index contributed by atoms with van der Waals surface area (Å²) in [7, 11) is 0. The van der Waals surface area contributed by atoms with Gasteiger partial charge in [-0.15, -0.1) is 0 Å². The van der Waals surface area contributed by atoms with Gasteiger partial charge in [0.05, 0.1) is 0 Å². The third-order valence-corrected chi connectivity index (χ3v) is 2.81. The Morgan fingerprint density at radius 1 is 1.33 bits per heavy atom. The maximum atomic E-state index is 8.81. The van der Waals surface area contributed by atoms with Crippen LogP contribution >= 0.6 is 11.6 Å². The van der Waals surface area contributed by atoms with Crippen LogP contribution in [0.25, 0.3) is 0 Å². The molecule has 2 N–H and O–H groups in total. The zero-order chi connectivity index (χ0) is 11.3. The van der Waals surface area contributed by atoms with Gasteiger partial charge in [0.25, 0.3) is 0 Å². The molecule has 2 atom stereocenters. The zero-order valence-electron chi connectivity index (χ0n) is 9.20. The van der Waals surface area contributed by atoms with E-state index in [4.69, 9.17) is 16.7 Å². The van der Waals surface area contributed by atoms with Crippen molar-refractivity contribution < 1.29 is 5.11 Å². The molecule has 0 saturated heterocycles. The Morgan fingerprint density at radius 3 is 2.60 bits per heavy atom. The smallest absolute Gasteiger partial charge is 0.0453 e. The van der Waals surface area contributed by atoms with Crippen molar-refractivity contribution in [2.75, 3.05) is 6.61 Å². The summed E-state index contributed by atoms with van der Waals surface area (Å²) in [5.74, 6) is 0. The van der Waals surface area contributed by atoms with Gasteiger partial charge in [0, 0.05) is 23.7 Å². The molecular weight excluding hydrogens is 210 g/mol. The highest BCUT2D eigenvalue weighted by Gasteiger charge is 2.11. The van der Waals surface area contributed by atoms with Gasteiger partial charge in [0.15, 0.2) is 0 Å². The van der Waals surface area contributed by atoms with Gasteiger partial charge in [-0.05, 0) is 31.9 Å². The summed E-state index contributed by atoms with van der Waals surface area (Å²) in [6.45, 7) is 4.35. The van der Waals surface area contributed by atoms with Gasteiger partial charge in [-0.3, -0.25) is 0 Å². The highest BCUT2D eigenvalue weighted by molar-refractivity contribution is 6.31. The Kier molecular flexibility index (Phi) is 5.09. The first-order valence-electron chi connectivity index (χ1n) is 5.26. The third kappa shape index (κ3) is 3.82. The van der Waals surface area contributed by atoms with Crippen molar-refractivity contribution in [3.8, 4) is 0 Å². The fourth-order valence-electron chi connectivity index (χ4n) is 1.62. The number of nitrogens with one attached hydrogen (secondary N) is 1. The molecule has 1 aromatic carbocycles. The van der Waals surface area contributed by atoms with Gasteiger partial charge in [-0.2, -0.15) is 0 Å². The van der Waals surface area contributed by atoms with Crippen LogP contribution in [0.4, 0.5) is 0 Å². The number of benzene rings is 1. The molecule has 0 saturated carbocycles. The van der Waals surface area contributed by atoms with Crippen LogP contribution in [0.2, 0.25) is 5.02 Å². The molecule has 0 aliphatic carbocycles. The Morgan fingerprint density at radius 2 is 2.00 bits per heavy atom. The van der Waals surface area contributed by atoms with Crippen molar-refractivity contribution >= 4 is 11.6 Å². The molecule has 0 radical (unpaired) electrons. The molecule has 1 rings (SSSR count). The minimum Gasteiger partial charge on any atom is -0.396 e. The van der Waals surface area contributed by atoms with E-state index in [0.717, 1.165) is 17.0 Å². The Balaban J connectivity index is 2.61. The number of rotatable bonds is 5. The van der Waals surface area contributed by atoms with E-state index in [1.807, 2.05) is 24.3 Å². The van der Waals surface area contributed by atoms with E-state index in [2.05, 4.69) is 19.2 Å². The summed E-state index contributed by atoms with van der Waals surface area (Å²) in [6, 6.07) is 8.32. The third-order valence-electron chi connectivity index (χ3n) is 2.47. The molecule has 0 bridgehead atoms. The molecule has 0 heterocycles. The molecule has 0 aliphatic rings. The predicted octanol–water partition coefficient (Wildman–Crippen LogP) is 2.76. The standard InChI is InChI=1S/C12H18ClNO/c1-9(7-8-15)14-10(2)11-5-3-4-6-12(11)13/h3-6,9-10,14-15H,7-8H2,1-2H3. The van der Waals surface area contributed by atoms with Gasteiger partial charge in [0.2, 0.25) is 0 Å². The normalized spacial score (nSPS) is 14.9. The number of halogens is 1. The van der Waals surface area contributed by atoms with Crippen LogP contribution in [-0.2, 0) is 0 Å². The Hall–Kier alpha value is -0.570. The summed E-state index contributed by atoms with van der Waals surface area (Å²) in [4.78, 5) is 0. The first-order valence-corrected chi connectivity index (χ1v) is 5.64. The average Bonchev–Trinajstić information content (AvgIpc) is 2.18. The number of hydrogen-bond acceptors (Lipinski definition) is 2. The van der Waals surface area contributed by atoms with Crippen molar-refractivity contribution in [2.24, 2.45) is 0 Å². The van der Waals surface area contributed by atoms with Crippen LogP contribution in [0.5, 0.6) is 0 Å². The quantitative estimate of drug-likeness (QED) is 0.811. The van der Waals surface area contributed by atoms with Crippen LogP contribution in [0.3, 0.4) is 0 Å². The fraction of sp³-hybridized carbons (Fsp3) is 0.500. The van der Waals surface area contributed by atoms with Gasteiger partial charge in [0.1, 0.15) is 0 Å². The van der Waals surface area contributed by atoms with E-state index < -0.39 is 0 Å². The molecule has 1 aromatic rings. The van der Waals surface area contributed by atoms with Crippen LogP contribution in [0.1, 0.15) is 31.9 Å². The first-order chi connectivity index (χ1) is 7.15. The fourth-order valence-corrected chi connectivity index (χ4v) is 1.92. The predicted molar refractivity (Wildman–Crippen MR) is 64.2 cm³/mol. The molecule has 3 heteroatoms. The Bertz CT molecular complexity index is 303. The van der Waals surface area contributed by atoms with Crippen molar-refractivity contribution in [3.05, 3.63) is 34.9 Å². The van der Waals surface area contributed by atoms with Crippen molar-refractivity contribution in [1.29, 1.82) is 0 Å². The lowest BCUT2D eigenvalue weighted by Gasteiger charge is -2.20. The number of aliphatic hydroxyl groups is 1. The summed E-state index contributed by atoms with van der Waals surface area (Å²) in [6.07, 6.45) is 0.759. The molecule has 84 valence electrons. The topological polar surface area (TPSA) is 32.3 Å². The largest absolute Gasteiger partial charge is 0.396 e. The lowest BCUT2D eigenvalue weighted by Crippen LogP contribution is -2.29. The van der Waals surface area contributed by atoms with E-state index in [1.54, 1.807) is 0 Å². The number of hydrogen-bond donors (Lipinski definition) is 2. The maximum absolute atomic E-state index is 8.81. The summed E-state index contributed by atoms with van der Waals surface area (Å²) in [5, 5.41) is 13.0. The summed E-state index contributed by atoms with van der Waals surface area (Å²) < 4.78 is 0. The molecule has 0 aliphatic heterocycles. The maximum Gasteiger partial charge on any atom is 0.0453 e. The second-order valence-electron chi connectivity index (χ2n) is 3.82. The second-order valence-corrected chi connectivity index (χ2v) is 4.23. The van der Waals surface area contributed by atoms with E-state index in [-0.39, 0.29) is 12.6 Å².